The van der Waals surface area contributed by atoms with Crippen molar-refractivity contribution in [1.82, 2.24) is 19.1 Å². The number of carboxylic acids is 1. The van der Waals surface area contributed by atoms with Gasteiger partial charge >= 0.3 is 11.7 Å². The zero-order chi connectivity index (χ0) is 25.8. The molecule has 6 rings (SSSR count). The number of carbonyl (C=O) groups is 1. The number of aromatic amines is 1. The van der Waals surface area contributed by atoms with Crippen molar-refractivity contribution >= 4 is 62.3 Å². The van der Waals surface area contributed by atoms with Crippen LogP contribution in [0.15, 0.2) is 21.7 Å². The molecule has 192 valence electrons. The van der Waals surface area contributed by atoms with E-state index in [0.29, 0.717) is 81.4 Å². The lowest BCUT2D eigenvalue weighted by atomic mass is 9.53. The summed E-state index contributed by atoms with van der Waals surface area (Å²) >= 11 is 4.18. The molecule has 1 aromatic carbocycles. The van der Waals surface area contributed by atoms with Crippen LogP contribution in [0.4, 0.5) is 0 Å². The van der Waals surface area contributed by atoms with Crippen LogP contribution in [-0.2, 0) is 29.7 Å². The quantitative estimate of drug-likeness (QED) is 0.316. The molecule has 36 heavy (non-hydrogen) atoms. The van der Waals surface area contributed by atoms with E-state index in [9.17, 15) is 24.6 Å². The molecule has 0 spiro atoms. The number of halogens is 2. The highest BCUT2D eigenvalue weighted by Gasteiger charge is 2.54. The fourth-order valence-electron chi connectivity index (χ4n) is 5.91. The van der Waals surface area contributed by atoms with Crippen LogP contribution in [0.5, 0.6) is 5.75 Å². The molecule has 0 saturated heterocycles. The van der Waals surface area contributed by atoms with Crippen molar-refractivity contribution in [2.45, 2.75) is 76.8 Å². The number of H-pyrrole nitrogens is 1. The number of fused-ring (bicyclic) bond motifs is 4. The van der Waals surface area contributed by atoms with E-state index < -0.39 is 11.4 Å². The number of aryl methyl sites for hydroxylation is 2. The van der Waals surface area contributed by atoms with Gasteiger partial charge in [0.1, 0.15) is 17.1 Å². The fraction of sp³-hybridized carbons (Fsp3) is 0.520. The van der Waals surface area contributed by atoms with Crippen molar-refractivity contribution in [3.63, 3.8) is 0 Å². The van der Waals surface area contributed by atoms with Crippen LogP contribution >= 0.6 is 45.2 Å². The molecule has 11 heteroatoms. The lowest BCUT2D eigenvalue weighted by molar-refractivity contribution is -0.156. The van der Waals surface area contributed by atoms with Gasteiger partial charge in [-0.05, 0) is 114 Å². The number of rotatable bonds is 7. The average Bonchev–Trinajstić information content (AvgIpc) is 3.32. The van der Waals surface area contributed by atoms with Gasteiger partial charge in [-0.2, -0.15) is 0 Å². The molecule has 0 unspecified atom stereocenters. The van der Waals surface area contributed by atoms with E-state index in [2.05, 4.69) is 50.2 Å². The van der Waals surface area contributed by atoms with E-state index in [4.69, 9.17) is 4.98 Å². The Morgan fingerprint density at radius 1 is 1.06 bits per heavy atom. The van der Waals surface area contributed by atoms with Crippen molar-refractivity contribution in [3.05, 3.63) is 51.5 Å². The average molecular weight is 718 g/mol. The van der Waals surface area contributed by atoms with Gasteiger partial charge < -0.3 is 15.2 Å². The first kappa shape index (κ1) is 25.7. The number of phenolic OH excluding ortho intramolecular Hbond substituents is 1. The number of imidazole rings is 1. The number of phenols is 1. The van der Waals surface area contributed by atoms with Crippen molar-refractivity contribution < 1.29 is 15.0 Å². The molecule has 3 aliphatic carbocycles. The topological polar surface area (TPSA) is 130 Å². The molecule has 3 saturated carbocycles. The summed E-state index contributed by atoms with van der Waals surface area (Å²) in [6.45, 7) is 2.59. The molecule has 3 fully saturated rings. The molecule has 0 aliphatic heterocycles. The minimum Gasteiger partial charge on any atom is -0.506 e. The van der Waals surface area contributed by atoms with Crippen LogP contribution in [0.25, 0.3) is 11.2 Å². The van der Waals surface area contributed by atoms with Crippen LogP contribution in [-0.4, -0.2) is 35.3 Å². The summed E-state index contributed by atoms with van der Waals surface area (Å²) in [6.07, 6.45) is 5.11. The van der Waals surface area contributed by atoms with Gasteiger partial charge in [0.25, 0.3) is 5.56 Å². The molecule has 2 aromatic heterocycles. The van der Waals surface area contributed by atoms with E-state index in [1.165, 1.54) is 4.57 Å². The first-order chi connectivity index (χ1) is 17.1. The first-order valence-electron chi connectivity index (χ1n) is 12.2. The fourth-order valence-corrected chi connectivity index (χ4v) is 7.80. The predicted octanol–water partition coefficient (Wildman–Crippen LogP) is 4.13. The summed E-state index contributed by atoms with van der Waals surface area (Å²) in [7, 11) is 0. The monoisotopic (exact) mass is 718 g/mol. The molecular weight excluding hydrogens is 690 g/mol. The van der Waals surface area contributed by atoms with Gasteiger partial charge in [0.15, 0.2) is 5.65 Å². The van der Waals surface area contributed by atoms with E-state index in [-0.39, 0.29) is 22.4 Å². The van der Waals surface area contributed by atoms with Gasteiger partial charge in [-0.15, -0.1) is 0 Å². The van der Waals surface area contributed by atoms with Crippen molar-refractivity contribution in [3.8, 4) is 5.75 Å². The van der Waals surface area contributed by atoms with Gasteiger partial charge in [-0.3, -0.25) is 18.7 Å². The Labute approximate surface area is 234 Å². The maximum Gasteiger partial charge on any atom is 0.332 e. The molecular formula is C25H28I2N4O5. The molecule has 2 bridgehead atoms. The van der Waals surface area contributed by atoms with E-state index in [0.717, 1.165) is 12.7 Å². The molecule has 9 nitrogen and oxygen atoms in total. The number of aromatic hydroxyl groups is 1. The summed E-state index contributed by atoms with van der Waals surface area (Å²) in [4.78, 5) is 46.8. The van der Waals surface area contributed by atoms with Crippen molar-refractivity contribution in [2.24, 2.45) is 5.41 Å². The summed E-state index contributed by atoms with van der Waals surface area (Å²) < 4.78 is 4.36. The highest BCUT2D eigenvalue weighted by atomic mass is 127. The zero-order valence-corrected chi connectivity index (χ0v) is 24.3. The molecule has 0 radical (unpaired) electrons. The Morgan fingerprint density at radius 2 is 1.67 bits per heavy atom. The number of aliphatic carboxylic acids is 1. The smallest absolute Gasteiger partial charge is 0.332 e. The maximum atomic E-state index is 13.4. The Morgan fingerprint density at radius 3 is 2.22 bits per heavy atom. The molecule has 0 amide bonds. The second-order valence-electron chi connectivity index (χ2n) is 10.2. The van der Waals surface area contributed by atoms with Crippen molar-refractivity contribution in [2.75, 3.05) is 0 Å². The van der Waals surface area contributed by atoms with Gasteiger partial charge in [0.05, 0.1) is 12.6 Å². The summed E-state index contributed by atoms with van der Waals surface area (Å²) in [5.74, 6) is 0.235. The SMILES string of the molecule is CCCn1c(=O)c2[nH]c(C34CCC(C(=O)O)(CC3)CC4)nc2n(CCc2cc(I)c(O)c(I)c2)c1=O. The summed E-state index contributed by atoms with van der Waals surface area (Å²) in [6, 6.07) is 3.80. The normalized spacial score (nSPS) is 23.4. The highest BCUT2D eigenvalue weighted by molar-refractivity contribution is 14.1. The number of hydrogen-bond donors (Lipinski definition) is 3. The van der Waals surface area contributed by atoms with E-state index >= 15 is 0 Å². The van der Waals surface area contributed by atoms with Crippen LogP contribution in [0.2, 0.25) is 0 Å². The molecule has 3 aliphatic rings. The molecule has 0 atom stereocenters. The zero-order valence-electron chi connectivity index (χ0n) is 19.9. The second-order valence-corrected chi connectivity index (χ2v) is 12.5. The maximum absolute atomic E-state index is 13.4. The van der Waals surface area contributed by atoms with Crippen LogP contribution < -0.4 is 11.2 Å². The van der Waals surface area contributed by atoms with Crippen LogP contribution in [0.3, 0.4) is 0 Å². The lowest BCUT2D eigenvalue weighted by Crippen LogP contribution is -2.48. The molecule has 3 aromatic rings. The number of hydrogen-bond acceptors (Lipinski definition) is 5. The van der Waals surface area contributed by atoms with Crippen molar-refractivity contribution in [1.29, 1.82) is 0 Å². The second kappa shape index (κ2) is 9.44. The summed E-state index contributed by atoms with van der Waals surface area (Å²) in [5.41, 5.74) is 0.0292. The number of nitrogens with zero attached hydrogens (tertiary/aromatic N) is 3. The van der Waals surface area contributed by atoms with E-state index in [1.54, 1.807) is 4.57 Å². The Kier molecular flexibility index (Phi) is 6.75. The van der Waals surface area contributed by atoms with Gasteiger partial charge in [0.2, 0.25) is 0 Å². The van der Waals surface area contributed by atoms with Crippen LogP contribution in [0.1, 0.15) is 63.3 Å². The Hall–Kier alpha value is -1.90. The minimum atomic E-state index is -0.713. The van der Waals surface area contributed by atoms with Gasteiger partial charge in [-0.25, -0.2) is 9.78 Å². The first-order valence-corrected chi connectivity index (χ1v) is 14.4. The highest BCUT2D eigenvalue weighted by Crippen LogP contribution is 2.57. The Bertz CT molecular complexity index is 1440. The number of carboxylic acid groups (broad SMARTS) is 1. The largest absolute Gasteiger partial charge is 0.506 e. The lowest BCUT2D eigenvalue weighted by Gasteiger charge is -2.50. The summed E-state index contributed by atoms with van der Waals surface area (Å²) in [5, 5.41) is 19.8. The molecule has 3 N–H and O–H groups in total. The third-order valence-electron chi connectivity index (χ3n) is 8.21. The van der Waals surface area contributed by atoms with Gasteiger partial charge in [0, 0.05) is 18.5 Å². The molecule has 2 heterocycles. The third-order valence-corrected chi connectivity index (χ3v) is 9.86. The third kappa shape index (κ3) is 4.09. The number of aromatic nitrogens is 4. The minimum absolute atomic E-state index is 0.249. The van der Waals surface area contributed by atoms with Crippen LogP contribution in [0, 0.1) is 12.6 Å². The van der Waals surface area contributed by atoms with E-state index in [1.807, 2.05) is 19.1 Å². The van der Waals surface area contributed by atoms with Gasteiger partial charge in [-0.1, -0.05) is 6.92 Å². The standard InChI is InChI=1S/C25H28I2N4O5/c1-2-10-31-20(33)17-19(30(23(31)36)11-3-14-12-15(26)18(32)16(27)13-14)29-21(28-17)24-4-7-25(8-5-24,9-6-24)22(34)35/h12-13,32H,2-11H2,1H3,(H,28,29)(H,34,35). The predicted molar refractivity (Wildman–Crippen MR) is 152 cm³/mol. The number of benzene rings is 1. The Balaban J connectivity index is 1.57. The number of nitrogens with one attached hydrogen (secondary N) is 1.